The summed E-state index contributed by atoms with van der Waals surface area (Å²) in [7, 11) is 0. The van der Waals surface area contributed by atoms with Gasteiger partial charge in [0.2, 0.25) is 0 Å². The normalized spacial score (nSPS) is 17.6. The first-order valence-corrected chi connectivity index (χ1v) is 7.49. The predicted molar refractivity (Wildman–Crippen MR) is 85.7 cm³/mol. The summed E-state index contributed by atoms with van der Waals surface area (Å²) in [6, 6.07) is 14.1. The van der Waals surface area contributed by atoms with E-state index in [2.05, 4.69) is 29.2 Å². The third kappa shape index (κ3) is 2.85. The first kappa shape index (κ1) is 13.9. The number of pyridine rings is 1. The predicted octanol–water partition coefficient (Wildman–Crippen LogP) is 1.63. The van der Waals surface area contributed by atoms with Gasteiger partial charge in [-0.1, -0.05) is 24.3 Å². The topological polar surface area (TPSA) is 51.3 Å². The second-order valence-electron chi connectivity index (χ2n) is 5.48. The van der Waals surface area contributed by atoms with Crippen LogP contribution in [0.3, 0.4) is 0 Å². The third-order valence-electron chi connectivity index (χ3n) is 4.24. The van der Waals surface area contributed by atoms with Crippen LogP contribution >= 0.6 is 0 Å². The molecule has 2 heterocycles. The summed E-state index contributed by atoms with van der Waals surface area (Å²) in [4.78, 5) is 14.2. The highest BCUT2D eigenvalue weighted by Crippen LogP contribution is 2.29. The number of nitrogens with zero attached hydrogens (tertiary/aromatic N) is 2. The van der Waals surface area contributed by atoms with Crippen molar-refractivity contribution in [2.24, 2.45) is 5.73 Å². The number of rotatable bonds is 4. The molecule has 1 aliphatic rings. The number of benzene rings is 1. The molecule has 110 valence electrons. The van der Waals surface area contributed by atoms with Crippen molar-refractivity contribution in [3.8, 4) is 0 Å². The maximum atomic E-state index is 11.8. The van der Waals surface area contributed by atoms with Gasteiger partial charge >= 0.3 is 0 Å². The van der Waals surface area contributed by atoms with E-state index < -0.39 is 0 Å². The van der Waals surface area contributed by atoms with Gasteiger partial charge < -0.3 is 15.2 Å². The van der Waals surface area contributed by atoms with Crippen LogP contribution in [0.2, 0.25) is 0 Å². The molecule has 1 unspecified atom stereocenters. The van der Waals surface area contributed by atoms with Crippen molar-refractivity contribution < 1.29 is 0 Å². The van der Waals surface area contributed by atoms with E-state index in [9.17, 15) is 4.79 Å². The molecular weight excluding hydrogens is 262 g/mol. The standard InChI is InChI=1S/C17H21N3O/c18-13-15-9-8-14-5-1-2-6-16(14)20(15)12-11-19-10-4-3-7-17(19)21/h1-7,10,15H,8-9,11-13,18H2. The molecular formula is C17H21N3O. The summed E-state index contributed by atoms with van der Waals surface area (Å²) in [6.45, 7) is 2.14. The van der Waals surface area contributed by atoms with Crippen molar-refractivity contribution in [2.45, 2.75) is 25.4 Å². The van der Waals surface area contributed by atoms with Crippen molar-refractivity contribution >= 4 is 5.69 Å². The van der Waals surface area contributed by atoms with Crippen LogP contribution in [0.5, 0.6) is 0 Å². The molecule has 0 saturated heterocycles. The number of fused-ring (bicyclic) bond motifs is 1. The average molecular weight is 283 g/mol. The number of para-hydroxylation sites is 1. The van der Waals surface area contributed by atoms with Crippen LogP contribution in [-0.2, 0) is 13.0 Å². The molecule has 2 N–H and O–H groups in total. The fourth-order valence-corrected chi connectivity index (χ4v) is 3.09. The Kier molecular flexibility index (Phi) is 4.06. The van der Waals surface area contributed by atoms with Crippen molar-refractivity contribution in [2.75, 3.05) is 18.0 Å². The minimum Gasteiger partial charge on any atom is -0.365 e. The van der Waals surface area contributed by atoms with Crippen molar-refractivity contribution in [1.82, 2.24) is 4.57 Å². The zero-order valence-corrected chi connectivity index (χ0v) is 12.1. The van der Waals surface area contributed by atoms with Crippen LogP contribution in [0.4, 0.5) is 5.69 Å². The van der Waals surface area contributed by atoms with Crippen LogP contribution in [0.25, 0.3) is 0 Å². The molecule has 21 heavy (non-hydrogen) atoms. The van der Waals surface area contributed by atoms with Crippen LogP contribution in [0, 0.1) is 0 Å². The number of aromatic nitrogens is 1. The molecule has 0 fully saturated rings. The quantitative estimate of drug-likeness (QED) is 0.928. The van der Waals surface area contributed by atoms with Crippen LogP contribution in [0.1, 0.15) is 12.0 Å². The van der Waals surface area contributed by atoms with Gasteiger partial charge in [0.15, 0.2) is 0 Å². The zero-order chi connectivity index (χ0) is 14.7. The van der Waals surface area contributed by atoms with Crippen LogP contribution in [0.15, 0.2) is 53.5 Å². The summed E-state index contributed by atoms with van der Waals surface area (Å²) in [5, 5.41) is 0. The molecule has 4 heteroatoms. The van der Waals surface area contributed by atoms with E-state index in [0.29, 0.717) is 19.1 Å². The summed E-state index contributed by atoms with van der Waals surface area (Å²) in [5.41, 5.74) is 8.63. The monoisotopic (exact) mass is 283 g/mol. The summed E-state index contributed by atoms with van der Waals surface area (Å²) >= 11 is 0. The third-order valence-corrected chi connectivity index (χ3v) is 4.24. The maximum absolute atomic E-state index is 11.8. The van der Waals surface area contributed by atoms with E-state index in [0.717, 1.165) is 19.4 Å². The van der Waals surface area contributed by atoms with Gasteiger partial charge in [-0.15, -0.1) is 0 Å². The molecule has 1 atom stereocenters. The van der Waals surface area contributed by atoms with Crippen LogP contribution < -0.4 is 16.2 Å². The second-order valence-corrected chi connectivity index (χ2v) is 5.48. The van der Waals surface area contributed by atoms with Gasteiger partial charge in [-0.2, -0.15) is 0 Å². The largest absolute Gasteiger partial charge is 0.365 e. The van der Waals surface area contributed by atoms with E-state index in [1.807, 2.05) is 12.3 Å². The fourth-order valence-electron chi connectivity index (χ4n) is 3.09. The van der Waals surface area contributed by atoms with Gasteiger partial charge in [0, 0.05) is 43.6 Å². The summed E-state index contributed by atoms with van der Waals surface area (Å²) < 4.78 is 1.75. The van der Waals surface area contributed by atoms with E-state index in [4.69, 9.17) is 5.73 Å². The molecule has 1 aromatic carbocycles. The Balaban J connectivity index is 1.82. The van der Waals surface area contributed by atoms with E-state index >= 15 is 0 Å². The lowest BCUT2D eigenvalue weighted by atomic mass is 9.96. The van der Waals surface area contributed by atoms with Gasteiger partial charge in [0.25, 0.3) is 5.56 Å². The van der Waals surface area contributed by atoms with Gasteiger partial charge in [-0.25, -0.2) is 0 Å². The Morgan fingerprint density at radius 1 is 1.10 bits per heavy atom. The van der Waals surface area contributed by atoms with Crippen molar-refractivity contribution in [3.63, 3.8) is 0 Å². The molecule has 0 saturated carbocycles. The summed E-state index contributed by atoms with van der Waals surface area (Å²) in [5.74, 6) is 0. The van der Waals surface area contributed by atoms with Gasteiger partial charge in [-0.3, -0.25) is 4.79 Å². The summed E-state index contributed by atoms with van der Waals surface area (Å²) in [6.07, 6.45) is 4.01. The number of nitrogens with two attached hydrogens (primary N) is 1. The van der Waals surface area contributed by atoms with Crippen molar-refractivity contribution in [3.05, 3.63) is 64.6 Å². The first-order valence-electron chi connectivity index (χ1n) is 7.49. The fraction of sp³-hybridized carbons (Fsp3) is 0.353. The molecule has 0 spiro atoms. The minimum absolute atomic E-state index is 0.0482. The molecule has 1 aliphatic heterocycles. The SMILES string of the molecule is NCC1CCc2ccccc2N1CCn1ccccc1=O. The van der Waals surface area contributed by atoms with Gasteiger partial charge in [-0.05, 0) is 30.5 Å². The number of aryl methyl sites for hydroxylation is 1. The van der Waals surface area contributed by atoms with Crippen molar-refractivity contribution in [1.29, 1.82) is 0 Å². The Morgan fingerprint density at radius 2 is 1.90 bits per heavy atom. The van der Waals surface area contributed by atoms with Gasteiger partial charge in [0.1, 0.15) is 0 Å². The zero-order valence-electron chi connectivity index (χ0n) is 12.1. The highest BCUT2D eigenvalue weighted by Gasteiger charge is 2.24. The highest BCUT2D eigenvalue weighted by atomic mass is 16.1. The lowest BCUT2D eigenvalue weighted by molar-refractivity contribution is 0.509. The minimum atomic E-state index is 0.0482. The Bertz CT molecular complexity index is 665. The second kappa shape index (κ2) is 6.14. The van der Waals surface area contributed by atoms with E-state index in [1.54, 1.807) is 16.7 Å². The molecule has 0 bridgehead atoms. The Morgan fingerprint density at radius 3 is 2.71 bits per heavy atom. The van der Waals surface area contributed by atoms with E-state index in [1.165, 1.54) is 11.3 Å². The molecule has 1 aromatic heterocycles. The number of hydrogen-bond donors (Lipinski definition) is 1. The number of hydrogen-bond acceptors (Lipinski definition) is 3. The number of anilines is 1. The van der Waals surface area contributed by atoms with Gasteiger partial charge in [0.05, 0.1) is 0 Å². The molecule has 0 radical (unpaired) electrons. The first-order chi connectivity index (χ1) is 10.3. The Labute approximate surface area is 124 Å². The smallest absolute Gasteiger partial charge is 0.250 e. The molecule has 0 amide bonds. The molecule has 2 aromatic rings. The lowest BCUT2D eigenvalue weighted by Gasteiger charge is -2.38. The molecule has 4 nitrogen and oxygen atoms in total. The lowest BCUT2D eigenvalue weighted by Crippen LogP contribution is -2.46. The average Bonchev–Trinajstić information content (AvgIpc) is 2.53. The molecule has 3 rings (SSSR count). The van der Waals surface area contributed by atoms with Crippen LogP contribution in [-0.4, -0.2) is 23.7 Å². The van der Waals surface area contributed by atoms with E-state index in [-0.39, 0.29) is 5.56 Å². The molecule has 0 aliphatic carbocycles. The maximum Gasteiger partial charge on any atom is 0.250 e. The highest BCUT2D eigenvalue weighted by molar-refractivity contribution is 5.56. The Hall–Kier alpha value is -2.07.